The van der Waals surface area contributed by atoms with E-state index in [1.54, 1.807) is 6.07 Å². The summed E-state index contributed by atoms with van der Waals surface area (Å²) in [6.45, 7) is 3.16. The Labute approximate surface area is 82.1 Å². The maximum atomic E-state index is 9.84. The molecule has 0 aliphatic rings. The molecule has 4 nitrogen and oxygen atoms in total. The first-order chi connectivity index (χ1) is 6.60. The van der Waals surface area contributed by atoms with Crippen molar-refractivity contribution in [3.63, 3.8) is 0 Å². The summed E-state index contributed by atoms with van der Waals surface area (Å²) in [5.41, 5.74) is 0. The molecule has 0 saturated carbocycles. The molecule has 0 aliphatic carbocycles. The zero-order valence-electron chi connectivity index (χ0n) is 7.80. The van der Waals surface area contributed by atoms with Crippen molar-refractivity contribution in [1.82, 2.24) is 0 Å². The summed E-state index contributed by atoms with van der Waals surface area (Å²) in [6.07, 6.45) is 1.11. The zero-order chi connectivity index (χ0) is 11.0. The van der Waals surface area contributed by atoms with E-state index in [1.807, 2.05) is 0 Å². The third-order valence-electron chi connectivity index (χ3n) is 1.20. The van der Waals surface area contributed by atoms with Crippen LogP contribution < -0.4 is 0 Å². The Bertz CT molecular complexity index is 289. The minimum Gasteiger partial charge on any atom is -0.508 e. The quantitative estimate of drug-likeness (QED) is 0.527. The minimum absolute atomic E-state index is 0.0880. The number of aromatic hydroxyl groups is 2. The van der Waals surface area contributed by atoms with Crippen molar-refractivity contribution in [3.8, 4) is 11.5 Å². The molecular weight excluding hydrogens is 184 g/mol. The number of methoxy groups -OCH3 is 1. The fraction of sp³-hybridized carbons (Fsp3) is 0.100. The molecule has 4 heteroatoms. The van der Waals surface area contributed by atoms with Crippen molar-refractivity contribution in [2.75, 3.05) is 7.11 Å². The molecule has 0 bridgehead atoms. The Morgan fingerprint density at radius 3 is 2.07 bits per heavy atom. The number of carbonyl (C=O) groups excluding carboxylic acids is 1. The molecule has 1 aromatic carbocycles. The molecule has 0 amide bonds. The second-order valence-electron chi connectivity index (χ2n) is 2.25. The predicted molar refractivity (Wildman–Crippen MR) is 52.0 cm³/mol. The summed E-state index contributed by atoms with van der Waals surface area (Å²) in [5.74, 6) is -0.218. The van der Waals surface area contributed by atoms with Gasteiger partial charge < -0.3 is 14.9 Å². The molecule has 14 heavy (non-hydrogen) atoms. The SMILES string of the molecule is C=CC(=O)OC.Oc1cccc(O)c1. The van der Waals surface area contributed by atoms with Crippen LogP contribution in [0.5, 0.6) is 11.5 Å². The molecule has 2 N–H and O–H groups in total. The van der Waals surface area contributed by atoms with Crippen LogP contribution in [0.25, 0.3) is 0 Å². The summed E-state index contributed by atoms with van der Waals surface area (Å²) < 4.78 is 4.14. The van der Waals surface area contributed by atoms with Gasteiger partial charge in [-0.05, 0) is 12.1 Å². The highest BCUT2D eigenvalue weighted by Crippen LogP contribution is 2.14. The first-order valence-electron chi connectivity index (χ1n) is 3.78. The van der Waals surface area contributed by atoms with Crippen LogP contribution in [0.1, 0.15) is 0 Å². The topological polar surface area (TPSA) is 66.8 Å². The summed E-state index contributed by atoms with van der Waals surface area (Å²) in [6, 6.07) is 5.85. The molecule has 0 atom stereocenters. The van der Waals surface area contributed by atoms with E-state index in [9.17, 15) is 4.79 Å². The summed E-state index contributed by atoms with van der Waals surface area (Å²) >= 11 is 0. The highest BCUT2D eigenvalue weighted by molar-refractivity contribution is 5.80. The van der Waals surface area contributed by atoms with Crippen molar-refractivity contribution in [1.29, 1.82) is 0 Å². The predicted octanol–water partition coefficient (Wildman–Crippen LogP) is 1.44. The van der Waals surface area contributed by atoms with Crippen LogP contribution >= 0.6 is 0 Å². The Morgan fingerprint density at radius 1 is 1.43 bits per heavy atom. The first kappa shape index (κ1) is 12.0. The number of esters is 1. The molecule has 1 aromatic rings. The van der Waals surface area contributed by atoms with Gasteiger partial charge in [-0.15, -0.1) is 0 Å². The average molecular weight is 196 g/mol. The molecule has 0 heterocycles. The lowest BCUT2D eigenvalue weighted by Crippen LogP contribution is -1.91. The summed E-state index contributed by atoms with van der Waals surface area (Å²) in [4.78, 5) is 9.84. The van der Waals surface area contributed by atoms with Crippen LogP contribution in [-0.4, -0.2) is 23.3 Å². The number of benzene rings is 1. The minimum atomic E-state index is -0.394. The standard InChI is InChI=1S/C6H6O2.C4H6O2/c7-5-2-1-3-6(8)4-5;1-3-4(5)6-2/h1-4,7-8H;3H,1H2,2H3. The van der Waals surface area contributed by atoms with Gasteiger partial charge in [0.25, 0.3) is 0 Å². The van der Waals surface area contributed by atoms with Gasteiger partial charge in [0.05, 0.1) is 7.11 Å². The van der Waals surface area contributed by atoms with E-state index in [0.717, 1.165) is 6.08 Å². The molecule has 0 saturated heterocycles. The van der Waals surface area contributed by atoms with Gasteiger partial charge in [-0.1, -0.05) is 12.6 Å². The fourth-order valence-corrected chi connectivity index (χ4v) is 0.576. The first-order valence-corrected chi connectivity index (χ1v) is 3.78. The van der Waals surface area contributed by atoms with Gasteiger partial charge in [-0.3, -0.25) is 0 Å². The van der Waals surface area contributed by atoms with Crippen LogP contribution in [0, 0.1) is 0 Å². The number of phenolic OH excluding ortho intramolecular Hbond substituents is 2. The van der Waals surface area contributed by atoms with E-state index in [-0.39, 0.29) is 11.5 Å². The van der Waals surface area contributed by atoms with E-state index in [2.05, 4.69) is 11.3 Å². The van der Waals surface area contributed by atoms with Crippen LogP contribution in [0.3, 0.4) is 0 Å². The lowest BCUT2D eigenvalue weighted by atomic mass is 10.3. The van der Waals surface area contributed by atoms with Gasteiger partial charge in [0.1, 0.15) is 11.5 Å². The maximum Gasteiger partial charge on any atom is 0.329 e. The second-order valence-corrected chi connectivity index (χ2v) is 2.25. The highest BCUT2D eigenvalue weighted by Gasteiger charge is 1.85. The van der Waals surface area contributed by atoms with Crippen molar-refractivity contribution in [2.24, 2.45) is 0 Å². The normalized spacial score (nSPS) is 8.07. The third kappa shape index (κ3) is 5.65. The summed E-state index contributed by atoms with van der Waals surface area (Å²) in [7, 11) is 1.31. The molecule has 0 fully saturated rings. The number of hydrogen-bond donors (Lipinski definition) is 2. The lowest BCUT2D eigenvalue weighted by Gasteiger charge is -1.89. The van der Waals surface area contributed by atoms with Crippen LogP contribution in [0.2, 0.25) is 0 Å². The van der Waals surface area contributed by atoms with E-state index in [0.29, 0.717) is 0 Å². The van der Waals surface area contributed by atoms with Gasteiger partial charge in [-0.25, -0.2) is 4.79 Å². The third-order valence-corrected chi connectivity index (χ3v) is 1.20. The van der Waals surface area contributed by atoms with Crippen molar-refractivity contribution >= 4 is 5.97 Å². The number of rotatable bonds is 1. The van der Waals surface area contributed by atoms with Crippen LogP contribution in [0.4, 0.5) is 0 Å². The fourth-order valence-electron chi connectivity index (χ4n) is 0.576. The zero-order valence-corrected chi connectivity index (χ0v) is 7.80. The molecule has 76 valence electrons. The van der Waals surface area contributed by atoms with Gasteiger partial charge in [0.15, 0.2) is 0 Å². The van der Waals surface area contributed by atoms with Gasteiger partial charge >= 0.3 is 5.97 Å². The average Bonchev–Trinajstić information content (AvgIpc) is 2.17. The van der Waals surface area contributed by atoms with E-state index in [4.69, 9.17) is 10.2 Å². The molecule has 1 rings (SSSR count). The van der Waals surface area contributed by atoms with Crippen molar-refractivity contribution < 1.29 is 19.7 Å². The van der Waals surface area contributed by atoms with Gasteiger partial charge in [0, 0.05) is 12.1 Å². The Morgan fingerprint density at radius 2 is 1.93 bits per heavy atom. The number of hydrogen-bond acceptors (Lipinski definition) is 4. The number of carbonyl (C=O) groups is 1. The van der Waals surface area contributed by atoms with Gasteiger partial charge in [0.2, 0.25) is 0 Å². The van der Waals surface area contributed by atoms with E-state index in [1.165, 1.54) is 25.3 Å². The largest absolute Gasteiger partial charge is 0.508 e. The van der Waals surface area contributed by atoms with Crippen LogP contribution in [-0.2, 0) is 9.53 Å². The maximum absolute atomic E-state index is 9.84. The molecule has 0 aliphatic heterocycles. The Hall–Kier alpha value is -1.97. The second kappa shape index (κ2) is 6.54. The van der Waals surface area contributed by atoms with Gasteiger partial charge in [-0.2, -0.15) is 0 Å². The number of phenols is 2. The molecule has 0 spiro atoms. The lowest BCUT2D eigenvalue weighted by molar-refractivity contribution is -0.134. The van der Waals surface area contributed by atoms with E-state index >= 15 is 0 Å². The molecule has 0 unspecified atom stereocenters. The Kier molecular flexibility index (Phi) is 5.62. The van der Waals surface area contributed by atoms with Crippen molar-refractivity contribution in [3.05, 3.63) is 36.9 Å². The summed E-state index contributed by atoms with van der Waals surface area (Å²) in [5, 5.41) is 17.3. The van der Waals surface area contributed by atoms with Crippen molar-refractivity contribution in [2.45, 2.75) is 0 Å². The monoisotopic (exact) mass is 196 g/mol. The molecule has 0 aromatic heterocycles. The highest BCUT2D eigenvalue weighted by atomic mass is 16.5. The molecular formula is C10H12O4. The molecule has 0 radical (unpaired) electrons. The van der Waals surface area contributed by atoms with E-state index < -0.39 is 5.97 Å². The smallest absolute Gasteiger partial charge is 0.329 e. The Balaban J connectivity index is 0.000000255. The van der Waals surface area contributed by atoms with Crippen LogP contribution in [0.15, 0.2) is 36.9 Å². The number of ether oxygens (including phenoxy) is 1.